The van der Waals surface area contributed by atoms with Crippen molar-refractivity contribution in [2.75, 3.05) is 5.32 Å². The number of nitrogens with zero attached hydrogens (tertiary/aromatic N) is 5. The Morgan fingerprint density at radius 1 is 0.969 bits per heavy atom. The number of rotatable bonds is 4. The second kappa shape index (κ2) is 7.73. The molecule has 0 fully saturated rings. The van der Waals surface area contributed by atoms with Gasteiger partial charge in [0.2, 0.25) is 0 Å². The van der Waals surface area contributed by atoms with Gasteiger partial charge in [0, 0.05) is 54.0 Å². The topological polar surface area (TPSA) is 101 Å². The predicted octanol–water partition coefficient (Wildman–Crippen LogP) is 4.14. The summed E-state index contributed by atoms with van der Waals surface area (Å²) in [6.45, 7) is 3.92. The lowest BCUT2D eigenvalue weighted by Gasteiger charge is -2.13. The van der Waals surface area contributed by atoms with E-state index in [1.165, 1.54) is 0 Å². The van der Waals surface area contributed by atoms with Crippen LogP contribution in [0.5, 0.6) is 0 Å². The molecule has 2 N–H and O–H groups in total. The fourth-order valence-corrected chi connectivity index (χ4v) is 3.75. The molecule has 0 amide bonds. The average Bonchev–Trinajstić information content (AvgIpc) is 3.27. The molecule has 0 aliphatic carbocycles. The van der Waals surface area contributed by atoms with E-state index in [-0.39, 0.29) is 5.56 Å². The molecule has 0 spiro atoms. The fourth-order valence-electron chi connectivity index (χ4n) is 3.75. The molecule has 0 atom stereocenters. The van der Waals surface area contributed by atoms with Gasteiger partial charge in [0.25, 0.3) is 5.56 Å². The van der Waals surface area contributed by atoms with E-state index >= 15 is 0 Å². The number of hydrogen-bond acceptors (Lipinski definition) is 6. The van der Waals surface area contributed by atoms with E-state index in [9.17, 15) is 4.79 Å². The maximum Gasteiger partial charge on any atom is 0.258 e. The van der Waals surface area contributed by atoms with Crippen LogP contribution in [0.1, 0.15) is 11.3 Å². The number of anilines is 2. The molecule has 4 aromatic heterocycles. The summed E-state index contributed by atoms with van der Waals surface area (Å²) in [4.78, 5) is 25.9. The molecule has 0 aliphatic rings. The van der Waals surface area contributed by atoms with Crippen LogP contribution < -0.4 is 10.9 Å². The van der Waals surface area contributed by atoms with Gasteiger partial charge in [-0.05, 0) is 49.2 Å². The molecule has 32 heavy (non-hydrogen) atoms. The number of aromatic amines is 1. The third kappa shape index (κ3) is 3.51. The minimum Gasteiger partial charge on any atom is -0.339 e. The third-order valence-corrected chi connectivity index (χ3v) is 5.46. The summed E-state index contributed by atoms with van der Waals surface area (Å²) >= 11 is 0. The molecule has 5 rings (SSSR count). The Labute approximate surface area is 184 Å². The summed E-state index contributed by atoms with van der Waals surface area (Å²) in [5.41, 5.74) is 6.50. The second-order valence-electron chi connectivity index (χ2n) is 7.72. The van der Waals surface area contributed by atoms with Crippen LogP contribution in [0, 0.1) is 13.8 Å². The van der Waals surface area contributed by atoms with Crippen molar-refractivity contribution in [2.24, 2.45) is 7.05 Å². The van der Waals surface area contributed by atoms with Gasteiger partial charge < -0.3 is 9.88 Å². The highest BCUT2D eigenvalue weighted by molar-refractivity contribution is 5.85. The Hall–Kier alpha value is -4.33. The molecule has 0 aliphatic heterocycles. The van der Waals surface area contributed by atoms with Gasteiger partial charge in [0.05, 0.1) is 17.4 Å². The van der Waals surface area contributed by atoms with Crippen LogP contribution in [0.2, 0.25) is 0 Å². The van der Waals surface area contributed by atoms with Crippen molar-refractivity contribution in [1.82, 2.24) is 29.7 Å². The van der Waals surface area contributed by atoms with Crippen LogP contribution in [0.4, 0.5) is 11.5 Å². The Morgan fingerprint density at radius 3 is 2.66 bits per heavy atom. The number of hydrogen-bond donors (Lipinski definition) is 2. The van der Waals surface area contributed by atoms with E-state index in [1.807, 2.05) is 56.4 Å². The van der Waals surface area contributed by atoms with Gasteiger partial charge >= 0.3 is 0 Å². The summed E-state index contributed by atoms with van der Waals surface area (Å²) in [7, 11) is 1.79. The zero-order chi connectivity index (χ0) is 22.2. The first kappa shape index (κ1) is 19.6. The standard InChI is InChI=1S/C24H21N7O/c1-14-4-5-17(28-23-11-20(29-30-23)21-13-25-6-7-26-21)10-18(14)19-9-16-12-27-15(2)8-22(16)31(3)24(19)32/h4-13H,1-3H3,(H2,28,29,30). The van der Waals surface area contributed by atoms with Crippen molar-refractivity contribution < 1.29 is 0 Å². The first-order valence-electron chi connectivity index (χ1n) is 10.2. The molecule has 8 heteroatoms. The highest BCUT2D eigenvalue weighted by atomic mass is 16.1. The monoisotopic (exact) mass is 423 g/mol. The van der Waals surface area contributed by atoms with Crippen LogP contribution in [-0.4, -0.2) is 29.7 Å². The maximum absolute atomic E-state index is 13.2. The van der Waals surface area contributed by atoms with E-state index in [4.69, 9.17) is 0 Å². The summed E-state index contributed by atoms with van der Waals surface area (Å²) in [6.07, 6.45) is 6.74. The lowest BCUT2D eigenvalue weighted by Crippen LogP contribution is -2.19. The number of aromatic nitrogens is 6. The Morgan fingerprint density at radius 2 is 1.84 bits per heavy atom. The molecule has 0 radical (unpaired) electrons. The van der Waals surface area contributed by atoms with Gasteiger partial charge in [0.1, 0.15) is 5.69 Å². The molecule has 5 aromatic rings. The van der Waals surface area contributed by atoms with Crippen LogP contribution >= 0.6 is 0 Å². The molecule has 1 aromatic carbocycles. The number of fused-ring (bicyclic) bond motifs is 1. The lowest BCUT2D eigenvalue weighted by atomic mass is 9.99. The highest BCUT2D eigenvalue weighted by Gasteiger charge is 2.13. The molecule has 8 nitrogen and oxygen atoms in total. The maximum atomic E-state index is 13.2. The normalized spacial score (nSPS) is 11.1. The van der Waals surface area contributed by atoms with E-state index in [2.05, 4.69) is 30.5 Å². The highest BCUT2D eigenvalue weighted by Crippen LogP contribution is 2.28. The molecule has 0 unspecified atom stereocenters. The zero-order valence-corrected chi connectivity index (χ0v) is 17.9. The number of H-pyrrole nitrogens is 1. The van der Waals surface area contributed by atoms with Crippen molar-refractivity contribution in [3.8, 4) is 22.5 Å². The lowest BCUT2D eigenvalue weighted by molar-refractivity contribution is 0.905. The van der Waals surface area contributed by atoms with Crippen molar-refractivity contribution in [2.45, 2.75) is 13.8 Å². The summed E-state index contributed by atoms with van der Waals surface area (Å²) < 4.78 is 1.68. The van der Waals surface area contributed by atoms with Crippen molar-refractivity contribution in [1.29, 1.82) is 0 Å². The van der Waals surface area contributed by atoms with Gasteiger partial charge in [-0.25, -0.2) is 0 Å². The molecule has 158 valence electrons. The molecular weight excluding hydrogens is 402 g/mol. The van der Waals surface area contributed by atoms with Crippen molar-refractivity contribution in [3.05, 3.63) is 82.8 Å². The van der Waals surface area contributed by atoms with Gasteiger partial charge in [-0.15, -0.1) is 0 Å². The number of pyridine rings is 2. The van der Waals surface area contributed by atoms with E-state index in [0.717, 1.165) is 39.1 Å². The number of nitrogens with one attached hydrogen (secondary N) is 2. The van der Waals surface area contributed by atoms with Gasteiger partial charge in [-0.3, -0.25) is 24.8 Å². The first-order valence-corrected chi connectivity index (χ1v) is 10.2. The van der Waals surface area contributed by atoms with Gasteiger partial charge in [0.15, 0.2) is 5.82 Å². The summed E-state index contributed by atoms with van der Waals surface area (Å²) in [5, 5.41) is 11.5. The number of benzene rings is 1. The molecule has 4 heterocycles. The fraction of sp³-hybridized carbons (Fsp3) is 0.125. The van der Waals surface area contributed by atoms with Crippen LogP contribution in [0.15, 0.2) is 66.0 Å². The van der Waals surface area contributed by atoms with E-state index in [0.29, 0.717) is 17.1 Å². The first-order chi connectivity index (χ1) is 15.5. The second-order valence-corrected chi connectivity index (χ2v) is 7.72. The van der Waals surface area contributed by atoms with Crippen molar-refractivity contribution in [3.63, 3.8) is 0 Å². The largest absolute Gasteiger partial charge is 0.339 e. The van der Waals surface area contributed by atoms with Crippen LogP contribution in [0.3, 0.4) is 0 Å². The van der Waals surface area contributed by atoms with Crippen LogP contribution in [0.25, 0.3) is 33.4 Å². The smallest absolute Gasteiger partial charge is 0.258 e. The molecule has 0 bridgehead atoms. The van der Waals surface area contributed by atoms with Crippen molar-refractivity contribution >= 4 is 22.4 Å². The van der Waals surface area contributed by atoms with Crippen LogP contribution in [-0.2, 0) is 7.05 Å². The van der Waals surface area contributed by atoms with E-state index < -0.39 is 0 Å². The van der Waals surface area contributed by atoms with Gasteiger partial charge in [-0.2, -0.15) is 5.10 Å². The summed E-state index contributed by atoms with van der Waals surface area (Å²) in [6, 6.07) is 11.6. The van der Waals surface area contributed by atoms with Gasteiger partial charge in [-0.1, -0.05) is 6.07 Å². The minimum atomic E-state index is -0.0481. The molecule has 0 saturated heterocycles. The van der Waals surface area contributed by atoms with E-state index in [1.54, 1.807) is 30.2 Å². The zero-order valence-electron chi connectivity index (χ0n) is 17.9. The SMILES string of the molecule is Cc1cc2c(cn1)cc(-c1cc(Nc3cc(-c4cnccn4)[nH]n3)ccc1C)c(=O)n2C. The predicted molar refractivity (Wildman–Crippen MR) is 125 cm³/mol. The summed E-state index contributed by atoms with van der Waals surface area (Å²) in [5.74, 6) is 0.645. The average molecular weight is 423 g/mol. The Balaban J connectivity index is 1.53. The Kier molecular flexibility index (Phi) is 4.74. The molecule has 0 saturated carbocycles. The Bertz CT molecular complexity index is 1500. The molecular formula is C24H21N7O. The minimum absolute atomic E-state index is 0.0481. The number of aryl methyl sites for hydroxylation is 3. The quantitative estimate of drug-likeness (QED) is 0.450. The third-order valence-electron chi connectivity index (χ3n) is 5.46.